The molecule has 0 aromatic rings. The number of aliphatic hydroxyl groups excluding tert-OH is 1. The number of phosphoric ester groups is 2. The Balaban J connectivity index is 5.12. The van der Waals surface area contributed by atoms with Gasteiger partial charge in [-0.1, -0.05) is 192 Å². The van der Waals surface area contributed by atoms with Crippen LogP contribution in [0.5, 0.6) is 0 Å². The smallest absolute Gasteiger partial charge is 0.462 e. The van der Waals surface area contributed by atoms with Crippen LogP contribution in [0.25, 0.3) is 0 Å². The normalized spacial score (nSPS) is 14.2. The average molecular weight is 1230 g/mol. The fraction of sp³-hybridized carbons (Fsp3) is 0.815. The summed E-state index contributed by atoms with van der Waals surface area (Å²) in [7, 11) is -9.91. The maximum absolute atomic E-state index is 12.9. The minimum Gasteiger partial charge on any atom is -0.462 e. The number of aliphatic hydroxyl groups is 1. The van der Waals surface area contributed by atoms with Gasteiger partial charge in [-0.3, -0.25) is 37.3 Å². The van der Waals surface area contributed by atoms with E-state index in [9.17, 15) is 43.2 Å². The van der Waals surface area contributed by atoms with Crippen LogP contribution in [0.4, 0.5) is 0 Å². The molecule has 19 heteroatoms. The van der Waals surface area contributed by atoms with Crippen LogP contribution in [0, 0.1) is 0 Å². The first-order valence-electron chi connectivity index (χ1n) is 32.8. The van der Waals surface area contributed by atoms with Crippen molar-refractivity contribution >= 4 is 39.5 Å². The van der Waals surface area contributed by atoms with Crippen molar-refractivity contribution in [1.82, 2.24) is 0 Å². The van der Waals surface area contributed by atoms with Crippen LogP contribution >= 0.6 is 15.6 Å². The molecule has 0 saturated heterocycles. The van der Waals surface area contributed by atoms with Crippen molar-refractivity contribution in [1.29, 1.82) is 0 Å². The minimum absolute atomic E-state index is 0.0768. The molecule has 0 aliphatic heterocycles. The molecule has 84 heavy (non-hydrogen) atoms. The van der Waals surface area contributed by atoms with Gasteiger partial charge in [0.05, 0.1) is 26.4 Å². The molecule has 490 valence electrons. The first kappa shape index (κ1) is 81.0. The van der Waals surface area contributed by atoms with Crippen LogP contribution in [0.1, 0.15) is 284 Å². The number of carbonyl (C=O) groups is 4. The third kappa shape index (κ3) is 58.1. The number of unbranched alkanes of at least 4 members (excludes halogenated alkanes) is 32. The number of phosphoric acid groups is 2. The summed E-state index contributed by atoms with van der Waals surface area (Å²) in [6, 6.07) is 0. The van der Waals surface area contributed by atoms with E-state index in [1.54, 1.807) is 0 Å². The number of hydrogen-bond donors (Lipinski definition) is 3. The monoisotopic (exact) mass is 1230 g/mol. The molecule has 0 aromatic heterocycles. The largest absolute Gasteiger partial charge is 0.472 e. The van der Waals surface area contributed by atoms with Gasteiger partial charge in [-0.2, -0.15) is 0 Å². The molecular formula is C65H118O17P2. The Labute approximate surface area is 508 Å². The molecule has 0 saturated carbocycles. The van der Waals surface area contributed by atoms with Crippen molar-refractivity contribution in [3.8, 4) is 0 Å². The highest BCUT2D eigenvalue weighted by Crippen LogP contribution is 2.45. The fourth-order valence-electron chi connectivity index (χ4n) is 8.93. The lowest BCUT2D eigenvalue weighted by atomic mass is 10.1. The molecule has 3 unspecified atom stereocenters. The Morgan fingerprint density at radius 1 is 0.357 bits per heavy atom. The lowest BCUT2D eigenvalue weighted by Gasteiger charge is -2.21. The van der Waals surface area contributed by atoms with Gasteiger partial charge in [0.15, 0.2) is 12.2 Å². The molecule has 0 amide bonds. The van der Waals surface area contributed by atoms with Crippen molar-refractivity contribution in [2.24, 2.45) is 0 Å². The number of esters is 4. The summed E-state index contributed by atoms with van der Waals surface area (Å²) >= 11 is 0. The second kappa shape index (κ2) is 59.0. The minimum atomic E-state index is -4.95. The Morgan fingerprint density at radius 2 is 0.607 bits per heavy atom. The van der Waals surface area contributed by atoms with Gasteiger partial charge in [-0.05, 0) is 103 Å². The van der Waals surface area contributed by atoms with Crippen LogP contribution in [-0.4, -0.2) is 96.7 Å². The van der Waals surface area contributed by atoms with E-state index in [1.165, 1.54) is 77.0 Å². The molecule has 0 spiro atoms. The highest BCUT2D eigenvalue weighted by molar-refractivity contribution is 7.47. The SMILES string of the molecule is C=CCCCCCCCC(=O)O[C@H](COC(=O)CCCCCCC/C=C\CCCCCCCC)COP(=O)(O)OCC(O)COP(=O)(O)OC[C@H](COC(=O)CCCCCCC/C=C\CCCCCCCC)OC(=O)CCCCCCCC=C. The first-order valence-corrected chi connectivity index (χ1v) is 35.8. The standard InChI is InChI=1S/C65H118O17P2/c1-5-9-13-17-21-23-25-27-29-31-33-35-39-41-45-49-62(67)75-55-60(81-64(69)51-47-43-37-19-15-11-7-3)57-79-83(71,72)77-53-59(66)54-78-84(73,74)80-58-61(82-65(70)52-48-44-38-20-16-12-8-4)56-76-63(68)50-46-42-40-36-34-32-30-28-26-24-22-18-14-10-6-2/h7-8,27-30,59-61,66H,3-6,9-26,31-58H2,1-2H3,(H,71,72)(H,73,74)/b29-27-,30-28-/t59?,60-,61+. The molecule has 3 N–H and O–H groups in total. The summed E-state index contributed by atoms with van der Waals surface area (Å²) in [6.07, 6.45) is 48.5. The predicted octanol–water partition coefficient (Wildman–Crippen LogP) is 17.4. The van der Waals surface area contributed by atoms with Gasteiger partial charge < -0.3 is 33.8 Å². The second-order valence-corrected chi connectivity index (χ2v) is 25.1. The van der Waals surface area contributed by atoms with E-state index in [4.69, 9.17) is 37.0 Å². The van der Waals surface area contributed by atoms with Crippen molar-refractivity contribution in [2.75, 3.05) is 39.6 Å². The van der Waals surface area contributed by atoms with Crippen molar-refractivity contribution < 1.29 is 80.2 Å². The molecule has 0 aliphatic rings. The van der Waals surface area contributed by atoms with Gasteiger partial charge in [-0.15, -0.1) is 13.2 Å². The zero-order chi connectivity index (χ0) is 61.9. The number of ether oxygens (including phenoxy) is 4. The Hall–Kier alpha value is -2.98. The van der Waals surface area contributed by atoms with Crippen LogP contribution in [0.15, 0.2) is 49.6 Å². The molecule has 0 aromatic carbocycles. The lowest BCUT2D eigenvalue weighted by Crippen LogP contribution is -2.30. The summed E-state index contributed by atoms with van der Waals surface area (Å²) in [5, 5.41) is 10.5. The predicted molar refractivity (Wildman–Crippen MR) is 335 cm³/mol. The van der Waals surface area contributed by atoms with Gasteiger partial charge in [0.2, 0.25) is 0 Å². The molecule has 17 nitrogen and oxygen atoms in total. The molecular weight excluding hydrogens is 1110 g/mol. The summed E-state index contributed by atoms with van der Waals surface area (Å²) < 4.78 is 67.6. The molecule has 5 atom stereocenters. The molecule has 0 aliphatic carbocycles. The van der Waals surface area contributed by atoms with Gasteiger partial charge in [0.1, 0.15) is 19.3 Å². The maximum atomic E-state index is 12.9. The Kier molecular flexibility index (Phi) is 56.9. The van der Waals surface area contributed by atoms with Crippen molar-refractivity contribution in [3.05, 3.63) is 49.6 Å². The molecule has 0 fully saturated rings. The van der Waals surface area contributed by atoms with E-state index in [1.807, 2.05) is 12.2 Å². The summed E-state index contributed by atoms with van der Waals surface area (Å²) in [4.78, 5) is 71.9. The molecule has 0 radical (unpaired) electrons. The number of allylic oxidation sites excluding steroid dienone is 6. The molecule has 0 heterocycles. The number of carbonyl (C=O) groups excluding carboxylic acids is 4. The second-order valence-electron chi connectivity index (χ2n) is 22.2. The van der Waals surface area contributed by atoms with Crippen LogP contribution in [0.2, 0.25) is 0 Å². The Morgan fingerprint density at radius 3 is 0.905 bits per heavy atom. The topological polar surface area (TPSA) is 237 Å². The highest BCUT2D eigenvalue weighted by Gasteiger charge is 2.30. The van der Waals surface area contributed by atoms with Crippen molar-refractivity contribution in [3.63, 3.8) is 0 Å². The molecule has 0 rings (SSSR count). The van der Waals surface area contributed by atoms with Gasteiger partial charge in [-0.25, -0.2) is 9.13 Å². The van der Waals surface area contributed by atoms with Gasteiger partial charge in [0, 0.05) is 25.7 Å². The first-order chi connectivity index (χ1) is 40.7. The summed E-state index contributed by atoms with van der Waals surface area (Å²) in [6.45, 7) is 7.86. The fourth-order valence-corrected chi connectivity index (χ4v) is 10.5. The quantitative estimate of drug-likeness (QED) is 0.0169. The Bertz CT molecular complexity index is 1650. The summed E-state index contributed by atoms with van der Waals surface area (Å²) in [5.74, 6) is -2.23. The van der Waals surface area contributed by atoms with E-state index >= 15 is 0 Å². The highest BCUT2D eigenvalue weighted by atomic mass is 31.2. The maximum Gasteiger partial charge on any atom is 0.472 e. The van der Waals surface area contributed by atoms with E-state index in [0.717, 1.165) is 141 Å². The van der Waals surface area contributed by atoms with E-state index in [-0.39, 0.29) is 25.7 Å². The number of rotatable bonds is 64. The zero-order valence-electron chi connectivity index (χ0n) is 52.5. The lowest BCUT2D eigenvalue weighted by molar-refractivity contribution is -0.161. The third-order valence-electron chi connectivity index (χ3n) is 14.0. The van der Waals surface area contributed by atoms with E-state index in [0.29, 0.717) is 25.7 Å². The average Bonchev–Trinajstić information content (AvgIpc) is 3.59. The van der Waals surface area contributed by atoms with Gasteiger partial charge >= 0.3 is 39.5 Å². The number of hydrogen-bond acceptors (Lipinski definition) is 15. The van der Waals surface area contributed by atoms with Crippen LogP contribution < -0.4 is 0 Å². The van der Waals surface area contributed by atoms with Crippen molar-refractivity contribution in [2.45, 2.75) is 302 Å². The van der Waals surface area contributed by atoms with E-state index in [2.05, 4.69) is 51.3 Å². The van der Waals surface area contributed by atoms with Crippen LogP contribution in [-0.2, 0) is 65.4 Å². The third-order valence-corrected chi connectivity index (χ3v) is 15.9. The molecule has 0 bridgehead atoms. The zero-order valence-corrected chi connectivity index (χ0v) is 54.3. The van der Waals surface area contributed by atoms with Crippen LogP contribution in [0.3, 0.4) is 0 Å². The van der Waals surface area contributed by atoms with E-state index < -0.39 is 97.5 Å². The van der Waals surface area contributed by atoms with Gasteiger partial charge in [0.25, 0.3) is 0 Å². The summed E-state index contributed by atoms with van der Waals surface area (Å²) in [5.41, 5.74) is 0.